The topological polar surface area (TPSA) is 84.0 Å². The molecule has 1 heterocycles. The first-order chi connectivity index (χ1) is 8.72. The molecular weight excluding hydrogens is 235 g/mol. The zero-order valence-corrected chi connectivity index (χ0v) is 9.22. The van der Waals surface area contributed by atoms with Crippen molar-refractivity contribution in [2.45, 2.75) is 0 Å². The number of nitrogens with zero attached hydrogens (tertiary/aromatic N) is 2. The van der Waals surface area contributed by atoms with Gasteiger partial charge in [-0.05, 0) is 18.2 Å². The van der Waals surface area contributed by atoms with Crippen molar-refractivity contribution < 1.29 is 9.13 Å². The van der Waals surface area contributed by atoms with Gasteiger partial charge in [0.15, 0.2) is 0 Å². The summed E-state index contributed by atoms with van der Waals surface area (Å²) in [5, 5.41) is 8.61. The first-order valence-corrected chi connectivity index (χ1v) is 5.03. The highest BCUT2D eigenvalue weighted by molar-refractivity contribution is 5.43. The number of halogens is 1. The predicted molar refractivity (Wildman–Crippen MR) is 63.2 cm³/mol. The maximum atomic E-state index is 13.4. The number of nitrogens with two attached hydrogens (primary N) is 1. The molecule has 0 amide bonds. The molecule has 2 aromatic rings. The van der Waals surface area contributed by atoms with E-state index >= 15 is 0 Å². The number of pyridine rings is 1. The quantitative estimate of drug-likeness (QED) is 0.638. The van der Waals surface area contributed by atoms with Gasteiger partial charge in [0.25, 0.3) is 0 Å². The van der Waals surface area contributed by atoms with Crippen molar-refractivity contribution in [3.05, 3.63) is 47.9 Å². The Morgan fingerprint density at radius 3 is 2.72 bits per heavy atom. The summed E-state index contributed by atoms with van der Waals surface area (Å²) < 4.78 is 18.8. The highest BCUT2D eigenvalue weighted by atomic mass is 19.1. The van der Waals surface area contributed by atoms with Gasteiger partial charge < -0.3 is 10.2 Å². The number of nitrogens with one attached hydrogen (secondary N) is 1. The minimum absolute atomic E-state index is 0.0265. The van der Waals surface area contributed by atoms with Crippen LogP contribution >= 0.6 is 0 Å². The number of hydrazine groups is 1. The second-order valence-corrected chi connectivity index (χ2v) is 3.38. The molecule has 0 aliphatic heterocycles. The number of hydrogen-bond donors (Lipinski definition) is 2. The minimum Gasteiger partial charge on any atom is -0.457 e. The third-order valence-electron chi connectivity index (χ3n) is 2.18. The van der Waals surface area contributed by atoms with Gasteiger partial charge in [0.2, 0.25) is 0 Å². The van der Waals surface area contributed by atoms with E-state index in [-0.39, 0.29) is 5.56 Å². The van der Waals surface area contributed by atoms with Gasteiger partial charge in [-0.15, -0.1) is 0 Å². The lowest BCUT2D eigenvalue weighted by Crippen LogP contribution is -2.08. The molecule has 0 saturated carbocycles. The second kappa shape index (κ2) is 5.12. The predicted octanol–water partition coefficient (Wildman–Crippen LogP) is 2.17. The van der Waals surface area contributed by atoms with Crippen LogP contribution in [0.25, 0.3) is 0 Å². The molecule has 0 spiro atoms. The van der Waals surface area contributed by atoms with Crippen molar-refractivity contribution in [1.29, 1.82) is 5.26 Å². The SMILES string of the molecule is N#Cc1ccc(Oc2ccnc(NN)c2)cc1F. The molecule has 0 aliphatic rings. The molecule has 0 aliphatic carbocycles. The second-order valence-electron chi connectivity index (χ2n) is 3.38. The summed E-state index contributed by atoms with van der Waals surface area (Å²) in [5.41, 5.74) is 2.35. The highest BCUT2D eigenvalue weighted by Gasteiger charge is 2.05. The first kappa shape index (κ1) is 11.8. The zero-order chi connectivity index (χ0) is 13.0. The van der Waals surface area contributed by atoms with Crippen LogP contribution in [0.5, 0.6) is 11.5 Å². The zero-order valence-electron chi connectivity index (χ0n) is 9.22. The van der Waals surface area contributed by atoms with Gasteiger partial charge >= 0.3 is 0 Å². The normalized spacial score (nSPS) is 9.61. The molecule has 1 aromatic heterocycles. The van der Waals surface area contributed by atoms with Gasteiger partial charge in [-0.2, -0.15) is 5.26 Å². The summed E-state index contributed by atoms with van der Waals surface area (Å²) in [6.45, 7) is 0. The lowest BCUT2D eigenvalue weighted by atomic mass is 10.2. The third kappa shape index (κ3) is 2.53. The molecule has 0 bridgehead atoms. The molecule has 6 heteroatoms. The van der Waals surface area contributed by atoms with Crippen molar-refractivity contribution in [2.75, 3.05) is 5.43 Å². The number of nitriles is 1. The number of aromatic nitrogens is 1. The smallest absolute Gasteiger partial charge is 0.144 e. The number of hydrogen-bond acceptors (Lipinski definition) is 5. The van der Waals surface area contributed by atoms with Gasteiger partial charge in [-0.3, -0.25) is 0 Å². The van der Waals surface area contributed by atoms with Crippen LogP contribution in [-0.2, 0) is 0 Å². The van der Waals surface area contributed by atoms with Gasteiger partial charge in [-0.1, -0.05) is 0 Å². The average molecular weight is 244 g/mol. The molecule has 90 valence electrons. The van der Waals surface area contributed by atoms with Gasteiger partial charge in [0.1, 0.15) is 29.2 Å². The Hall–Kier alpha value is -2.65. The lowest BCUT2D eigenvalue weighted by molar-refractivity contribution is 0.476. The molecule has 5 nitrogen and oxygen atoms in total. The highest BCUT2D eigenvalue weighted by Crippen LogP contribution is 2.24. The van der Waals surface area contributed by atoms with Crippen LogP contribution < -0.4 is 16.0 Å². The van der Waals surface area contributed by atoms with Crippen molar-refractivity contribution >= 4 is 5.82 Å². The summed E-state index contributed by atoms with van der Waals surface area (Å²) >= 11 is 0. The van der Waals surface area contributed by atoms with Crippen LogP contribution in [0.2, 0.25) is 0 Å². The average Bonchev–Trinajstić information content (AvgIpc) is 2.39. The van der Waals surface area contributed by atoms with Crippen LogP contribution in [0.15, 0.2) is 36.5 Å². The van der Waals surface area contributed by atoms with Gasteiger partial charge in [-0.25, -0.2) is 15.2 Å². The van der Waals surface area contributed by atoms with Crippen LogP contribution in [-0.4, -0.2) is 4.98 Å². The van der Waals surface area contributed by atoms with Gasteiger partial charge in [0.05, 0.1) is 5.56 Å². The Kier molecular flexibility index (Phi) is 3.36. The number of rotatable bonds is 3. The summed E-state index contributed by atoms with van der Waals surface area (Å²) in [5.74, 6) is 5.77. The van der Waals surface area contributed by atoms with Crippen LogP contribution in [0.3, 0.4) is 0 Å². The van der Waals surface area contributed by atoms with E-state index in [0.29, 0.717) is 17.3 Å². The van der Waals surface area contributed by atoms with Crippen molar-refractivity contribution in [3.8, 4) is 17.6 Å². The number of benzene rings is 1. The molecular formula is C12H9FN4O. The third-order valence-corrected chi connectivity index (χ3v) is 2.18. The Morgan fingerprint density at radius 1 is 1.28 bits per heavy atom. The molecule has 2 rings (SSSR count). The molecule has 0 atom stereocenters. The van der Waals surface area contributed by atoms with E-state index in [4.69, 9.17) is 15.8 Å². The number of ether oxygens (including phenoxy) is 1. The van der Waals surface area contributed by atoms with Crippen LogP contribution in [0.1, 0.15) is 5.56 Å². The van der Waals surface area contributed by atoms with Crippen LogP contribution in [0.4, 0.5) is 10.2 Å². The standard InChI is InChI=1S/C12H9FN4O/c13-11-5-9(2-1-8(11)7-14)18-10-3-4-16-12(6-10)17-15/h1-6H,15H2,(H,16,17). The summed E-state index contributed by atoms with van der Waals surface area (Å²) in [6, 6.07) is 8.93. The summed E-state index contributed by atoms with van der Waals surface area (Å²) in [7, 11) is 0. The van der Waals surface area contributed by atoms with Crippen molar-refractivity contribution in [1.82, 2.24) is 4.98 Å². The summed E-state index contributed by atoms with van der Waals surface area (Å²) in [6.07, 6.45) is 1.50. The largest absolute Gasteiger partial charge is 0.457 e. The molecule has 0 fully saturated rings. The Balaban J connectivity index is 2.23. The molecule has 0 radical (unpaired) electrons. The minimum atomic E-state index is -0.624. The van der Waals surface area contributed by atoms with E-state index in [2.05, 4.69) is 10.4 Å². The summed E-state index contributed by atoms with van der Waals surface area (Å²) in [4.78, 5) is 3.91. The molecule has 0 saturated heterocycles. The fourth-order valence-corrected chi connectivity index (χ4v) is 1.34. The first-order valence-electron chi connectivity index (χ1n) is 5.03. The number of nitrogen functional groups attached to an aromatic ring is 1. The Labute approximate surface area is 103 Å². The monoisotopic (exact) mass is 244 g/mol. The fourth-order valence-electron chi connectivity index (χ4n) is 1.34. The fraction of sp³-hybridized carbons (Fsp3) is 0. The maximum Gasteiger partial charge on any atom is 0.144 e. The Morgan fingerprint density at radius 2 is 2.06 bits per heavy atom. The molecule has 0 unspecified atom stereocenters. The van der Waals surface area contributed by atoms with E-state index < -0.39 is 5.82 Å². The molecule has 1 aromatic carbocycles. The maximum absolute atomic E-state index is 13.4. The van der Waals surface area contributed by atoms with E-state index in [1.165, 1.54) is 18.3 Å². The van der Waals surface area contributed by atoms with Gasteiger partial charge in [0, 0.05) is 18.3 Å². The van der Waals surface area contributed by atoms with E-state index in [1.807, 2.05) is 0 Å². The van der Waals surface area contributed by atoms with Crippen molar-refractivity contribution in [2.24, 2.45) is 5.84 Å². The molecule has 3 N–H and O–H groups in total. The van der Waals surface area contributed by atoms with E-state index in [1.54, 1.807) is 18.2 Å². The number of anilines is 1. The van der Waals surface area contributed by atoms with Crippen molar-refractivity contribution in [3.63, 3.8) is 0 Å². The molecule has 18 heavy (non-hydrogen) atoms. The van der Waals surface area contributed by atoms with Crippen LogP contribution in [0, 0.1) is 17.1 Å². The van der Waals surface area contributed by atoms with E-state index in [0.717, 1.165) is 6.07 Å². The Bertz CT molecular complexity index is 609. The lowest BCUT2D eigenvalue weighted by Gasteiger charge is -2.07. The van der Waals surface area contributed by atoms with E-state index in [9.17, 15) is 4.39 Å².